The number of anilines is 2. The fourth-order valence-electron chi connectivity index (χ4n) is 3.04. The summed E-state index contributed by atoms with van der Waals surface area (Å²) in [5.41, 5.74) is 3.06. The number of carbonyl (C=O) groups is 1. The SMILES string of the molecule is Cc1cccc(C(C)C)c1NC(=O)CN(c1cccc(OC(C)C)c1)S(C)(=O)=O. The second-order valence-corrected chi connectivity index (χ2v) is 9.58. The van der Waals surface area contributed by atoms with Crippen molar-refractivity contribution in [2.24, 2.45) is 0 Å². The summed E-state index contributed by atoms with van der Waals surface area (Å²) in [6, 6.07) is 12.6. The minimum Gasteiger partial charge on any atom is -0.491 e. The Balaban J connectivity index is 2.30. The van der Waals surface area contributed by atoms with Gasteiger partial charge in [-0.3, -0.25) is 9.10 Å². The van der Waals surface area contributed by atoms with E-state index in [4.69, 9.17) is 4.74 Å². The summed E-state index contributed by atoms with van der Waals surface area (Å²) < 4.78 is 31.5. The molecule has 0 heterocycles. The van der Waals surface area contributed by atoms with Crippen molar-refractivity contribution >= 4 is 27.3 Å². The fraction of sp³-hybridized carbons (Fsp3) is 0.409. The second-order valence-electron chi connectivity index (χ2n) is 7.68. The predicted molar refractivity (Wildman–Crippen MR) is 118 cm³/mol. The Hall–Kier alpha value is -2.54. The molecule has 0 atom stereocenters. The first-order chi connectivity index (χ1) is 13.5. The molecule has 2 aromatic rings. The van der Waals surface area contributed by atoms with E-state index in [1.54, 1.807) is 24.3 Å². The molecule has 7 heteroatoms. The number of rotatable bonds is 8. The molecule has 0 saturated heterocycles. The number of sulfonamides is 1. The van der Waals surface area contributed by atoms with Gasteiger partial charge in [0.15, 0.2) is 0 Å². The minimum absolute atomic E-state index is 0.0456. The van der Waals surface area contributed by atoms with Gasteiger partial charge in [-0.25, -0.2) is 8.42 Å². The molecule has 0 radical (unpaired) electrons. The van der Waals surface area contributed by atoms with Gasteiger partial charge in [-0.2, -0.15) is 0 Å². The van der Waals surface area contributed by atoms with E-state index >= 15 is 0 Å². The molecule has 158 valence electrons. The Kier molecular flexibility index (Phi) is 7.30. The molecule has 2 aromatic carbocycles. The molecule has 0 fully saturated rings. The van der Waals surface area contributed by atoms with Crippen molar-refractivity contribution in [3.05, 3.63) is 53.6 Å². The first-order valence-electron chi connectivity index (χ1n) is 9.62. The Labute approximate surface area is 173 Å². The van der Waals surface area contributed by atoms with Gasteiger partial charge in [0.2, 0.25) is 15.9 Å². The standard InChI is InChI=1S/C22H30N2O4S/c1-15(2)20-12-7-9-17(5)22(20)23-21(25)14-24(29(6,26)27)18-10-8-11-19(13-18)28-16(3)4/h7-13,15-16H,14H2,1-6H3,(H,23,25). The lowest BCUT2D eigenvalue weighted by atomic mass is 9.98. The third-order valence-corrected chi connectivity index (χ3v) is 5.50. The van der Waals surface area contributed by atoms with Crippen LogP contribution in [0.4, 0.5) is 11.4 Å². The lowest BCUT2D eigenvalue weighted by Gasteiger charge is -2.24. The maximum atomic E-state index is 12.8. The van der Waals surface area contributed by atoms with Crippen LogP contribution in [0.15, 0.2) is 42.5 Å². The zero-order valence-electron chi connectivity index (χ0n) is 17.9. The maximum absolute atomic E-state index is 12.8. The number of amides is 1. The van der Waals surface area contributed by atoms with E-state index in [1.165, 1.54) is 0 Å². The number of hydrogen-bond acceptors (Lipinski definition) is 4. The van der Waals surface area contributed by atoms with Crippen molar-refractivity contribution < 1.29 is 17.9 Å². The Bertz CT molecular complexity index is 969. The molecule has 1 amide bonds. The maximum Gasteiger partial charge on any atom is 0.245 e. The first kappa shape index (κ1) is 22.7. The van der Waals surface area contributed by atoms with Gasteiger partial charge >= 0.3 is 0 Å². The van der Waals surface area contributed by atoms with Gasteiger partial charge in [-0.15, -0.1) is 0 Å². The average molecular weight is 419 g/mol. The third kappa shape index (κ3) is 6.22. The molecule has 0 unspecified atom stereocenters. The van der Waals surface area contributed by atoms with Crippen LogP contribution < -0.4 is 14.4 Å². The number of para-hydroxylation sites is 1. The first-order valence-corrected chi connectivity index (χ1v) is 11.5. The Morgan fingerprint density at radius 3 is 2.34 bits per heavy atom. The zero-order valence-corrected chi connectivity index (χ0v) is 18.7. The van der Waals surface area contributed by atoms with Gasteiger partial charge in [0.05, 0.1) is 18.0 Å². The summed E-state index contributed by atoms with van der Waals surface area (Å²) in [6.45, 7) is 9.48. The largest absolute Gasteiger partial charge is 0.491 e. The van der Waals surface area contributed by atoms with Crippen LogP contribution >= 0.6 is 0 Å². The molecule has 0 aromatic heterocycles. The van der Waals surface area contributed by atoms with E-state index in [0.717, 1.165) is 27.4 Å². The highest BCUT2D eigenvalue weighted by atomic mass is 32.2. The van der Waals surface area contributed by atoms with Crippen molar-refractivity contribution in [2.75, 3.05) is 22.4 Å². The molecule has 6 nitrogen and oxygen atoms in total. The summed E-state index contributed by atoms with van der Waals surface area (Å²) in [5.74, 6) is 0.371. The number of aryl methyl sites for hydroxylation is 1. The van der Waals surface area contributed by atoms with Crippen molar-refractivity contribution in [1.82, 2.24) is 0 Å². The molecule has 1 N–H and O–H groups in total. The van der Waals surface area contributed by atoms with Gasteiger partial charge in [-0.05, 0) is 49.9 Å². The molecule has 2 rings (SSSR count). The smallest absolute Gasteiger partial charge is 0.245 e. The van der Waals surface area contributed by atoms with Gasteiger partial charge in [0.25, 0.3) is 0 Å². The number of nitrogens with zero attached hydrogens (tertiary/aromatic N) is 1. The van der Waals surface area contributed by atoms with E-state index in [0.29, 0.717) is 11.4 Å². The summed E-state index contributed by atoms with van der Waals surface area (Å²) in [7, 11) is -3.67. The van der Waals surface area contributed by atoms with E-state index in [1.807, 2.05) is 52.8 Å². The number of nitrogens with one attached hydrogen (secondary N) is 1. The Morgan fingerprint density at radius 1 is 1.10 bits per heavy atom. The van der Waals surface area contributed by atoms with Crippen molar-refractivity contribution in [2.45, 2.75) is 46.6 Å². The predicted octanol–water partition coefficient (Wildman–Crippen LogP) is 4.31. The zero-order chi connectivity index (χ0) is 21.8. The second kappa shape index (κ2) is 9.31. The average Bonchev–Trinajstić information content (AvgIpc) is 2.60. The fourth-order valence-corrected chi connectivity index (χ4v) is 3.88. The van der Waals surface area contributed by atoms with Crippen LogP contribution in [0, 0.1) is 6.92 Å². The summed E-state index contributed by atoms with van der Waals surface area (Å²) in [5, 5.41) is 2.90. The summed E-state index contributed by atoms with van der Waals surface area (Å²) in [4.78, 5) is 12.8. The van der Waals surface area contributed by atoms with Crippen molar-refractivity contribution in [1.29, 1.82) is 0 Å². The molecular formula is C22H30N2O4S. The molecule has 0 aliphatic rings. The quantitative estimate of drug-likeness (QED) is 0.693. The van der Waals surface area contributed by atoms with Gasteiger partial charge < -0.3 is 10.1 Å². The number of hydrogen-bond donors (Lipinski definition) is 1. The van der Waals surface area contributed by atoms with Crippen LogP contribution in [0.2, 0.25) is 0 Å². The molecule has 29 heavy (non-hydrogen) atoms. The summed E-state index contributed by atoms with van der Waals surface area (Å²) in [6.07, 6.45) is 1.04. The van der Waals surface area contributed by atoms with Crippen LogP contribution in [0.25, 0.3) is 0 Å². The molecule has 0 saturated carbocycles. The monoisotopic (exact) mass is 418 g/mol. The van der Waals surface area contributed by atoms with Crippen LogP contribution in [-0.2, 0) is 14.8 Å². The van der Waals surface area contributed by atoms with Crippen LogP contribution in [0.3, 0.4) is 0 Å². The topological polar surface area (TPSA) is 75.7 Å². The Morgan fingerprint density at radius 2 is 1.76 bits per heavy atom. The van der Waals surface area contributed by atoms with Gasteiger partial charge in [-0.1, -0.05) is 38.1 Å². The van der Waals surface area contributed by atoms with E-state index in [9.17, 15) is 13.2 Å². The number of benzene rings is 2. The van der Waals surface area contributed by atoms with E-state index in [-0.39, 0.29) is 18.6 Å². The van der Waals surface area contributed by atoms with Crippen LogP contribution in [-0.4, -0.2) is 33.2 Å². The summed E-state index contributed by atoms with van der Waals surface area (Å²) >= 11 is 0. The highest BCUT2D eigenvalue weighted by Gasteiger charge is 2.22. The molecular weight excluding hydrogens is 388 g/mol. The van der Waals surface area contributed by atoms with Crippen LogP contribution in [0.1, 0.15) is 44.7 Å². The van der Waals surface area contributed by atoms with Crippen molar-refractivity contribution in [3.63, 3.8) is 0 Å². The lowest BCUT2D eigenvalue weighted by Crippen LogP contribution is -2.37. The van der Waals surface area contributed by atoms with Gasteiger partial charge in [0.1, 0.15) is 12.3 Å². The third-order valence-electron chi connectivity index (χ3n) is 4.36. The van der Waals surface area contributed by atoms with Gasteiger partial charge in [0, 0.05) is 11.8 Å². The van der Waals surface area contributed by atoms with Crippen LogP contribution in [0.5, 0.6) is 5.75 Å². The van der Waals surface area contributed by atoms with Crippen molar-refractivity contribution in [3.8, 4) is 5.75 Å². The minimum atomic E-state index is -3.67. The highest BCUT2D eigenvalue weighted by molar-refractivity contribution is 7.92. The van der Waals surface area contributed by atoms with E-state index in [2.05, 4.69) is 5.32 Å². The molecule has 0 bridgehead atoms. The lowest BCUT2D eigenvalue weighted by molar-refractivity contribution is -0.114. The number of carbonyl (C=O) groups excluding carboxylic acids is 1. The molecule has 0 spiro atoms. The molecule has 0 aliphatic carbocycles. The highest BCUT2D eigenvalue weighted by Crippen LogP contribution is 2.28. The van der Waals surface area contributed by atoms with E-state index < -0.39 is 15.9 Å². The number of ether oxygens (including phenoxy) is 1. The molecule has 0 aliphatic heterocycles. The normalized spacial score (nSPS) is 11.6.